The zero-order valence-corrected chi connectivity index (χ0v) is 12.2. The van der Waals surface area contributed by atoms with Crippen molar-refractivity contribution in [1.29, 1.82) is 0 Å². The molecule has 19 heavy (non-hydrogen) atoms. The number of nitrogens with zero attached hydrogens (tertiary/aromatic N) is 4. The van der Waals surface area contributed by atoms with Gasteiger partial charge in [0.15, 0.2) is 11.9 Å². The second-order valence-corrected chi connectivity index (χ2v) is 4.61. The van der Waals surface area contributed by atoms with Gasteiger partial charge in [-0.1, -0.05) is 0 Å². The molecule has 2 rings (SSSR count). The van der Waals surface area contributed by atoms with Gasteiger partial charge in [-0.3, -0.25) is 4.68 Å². The molecule has 0 spiro atoms. The van der Waals surface area contributed by atoms with Gasteiger partial charge >= 0.3 is 0 Å². The summed E-state index contributed by atoms with van der Waals surface area (Å²) in [6, 6.07) is 0. The fourth-order valence-electron chi connectivity index (χ4n) is 1.80. The largest absolute Gasteiger partial charge is 0.351 e. The third kappa shape index (κ3) is 3.43. The van der Waals surface area contributed by atoms with Crippen molar-refractivity contribution in [2.24, 2.45) is 0 Å². The summed E-state index contributed by atoms with van der Waals surface area (Å²) in [5.41, 5.74) is 0.700. The quantitative estimate of drug-likeness (QED) is 0.439. The summed E-state index contributed by atoms with van der Waals surface area (Å²) in [4.78, 5) is 8.40. The Bertz CT molecular complexity index is 525. The van der Waals surface area contributed by atoms with E-state index in [0.717, 1.165) is 10.4 Å². The van der Waals surface area contributed by atoms with Crippen LogP contribution in [0.15, 0.2) is 17.6 Å². The van der Waals surface area contributed by atoms with Crippen molar-refractivity contribution >= 4 is 22.8 Å². The van der Waals surface area contributed by atoms with Crippen molar-refractivity contribution in [3.05, 3.63) is 12.5 Å². The van der Waals surface area contributed by atoms with Crippen molar-refractivity contribution in [3.8, 4) is 0 Å². The van der Waals surface area contributed by atoms with Crippen molar-refractivity contribution in [3.63, 3.8) is 0 Å². The van der Waals surface area contributed by atoms with Crippen molar-refractivity contribution < 1.29 is 9.47 Å². The van der Waals surface area contributed by atoms with E-state index >= 15 is 0 Å². The van der Waals surface area contributed by atoms with Crippen LogP contribution in [0.1, 0.15) is 13.8 Å². The van der Waals surface area contributed by atoms with Gasteiger partial charge in [0, 0.05) is 19.4 Å². The van der Waals surface area contributed by atoms with Crippen LogP contribution in [0.5, 0.6) is 0 Å². The first-order valence-corrected chi connectivity index (χ1v) is 7.46. The van der Waals surface area contributed by atoms with Gasteiger partial charge in [-0.2, -0.15) is 5.10 Å². The third-order valence-corrected chi connectivity index (χ3v) is 3.27. The lowest BCUT2D eigenvalue weighted by molar-refractivity contribution is -0.144. The lowest BCUT2D eigenvalue weighted by atomic mass is 10.4. The Labute approximate surface area is 116 Å². The Kier molecular flexibility index (Phi) is 5.12. The minimum absolute atomic E-state index is 0.282. The molecule has 2 heterocycles. The molecule has 0 aliphatic heterocycles. The monoisotopic (exact) mass is 282 g/mol. The van der Waals surface area contributed by atoms with E-state index in [1.807, 2.05) is 26.3 Å². The highest BCUT2D eigenvalue weighted by Crippen LogP contribution is 2.21. The first kappa shape index (κ1) is 14.2. The molecule has 0 amide bonds. The van der Waals surface area contributed by atoms with Crippen LogP contribution < -0.4 is 0 Å². The number of aromatic nitrogens is 4. The Morgan fingerprint density at radius 3 is 2.63 bits per heavy atom. The minimum Gasteiger partial charge on any atom is -0.351 e. The highest BCUT2D eigenvalue weighted by molar-refractivity contribution is 7.98. The average molecular weight is 282 g/mol. The van der Waals surface area contributed by atoms with Crippen LogP contribution in [0.3, 0.4) is 0 Å². The van der Waals surface area contributed by atoms with Gasteiger partial charge in [0.2, 0.25) is 0 Å². The third-order valence-electron chi connectivity index (χ3n) is 2.56. The molecule has 2 aromatic rings. The van der Waals surface area contributed by atoms with Crippen molar-refractivity contribution in [1.82, 2.24) is 19.7 Å². The van der Waals surface area contributed by atoms with Gasteiger partial charge in [0.1, 0.15) is 11.4 Å². The molecule has 0 N–H and O–H groups in total. The number of rotatable bonds is 7. The normalized spacial score (nSPS) is 11.6. The van der Waals surface area contributed by atoms with Crippen LogP contribution in [0.2, 0.25) is 0 Å². The van der Waals surface area contributed by atoms with Gasteiger partial charge in [0.25, 0.3) is 0 Å². The molecule has 104 valence electrons. The summed E-state index contributed by atoms with van der Waals surface area (Å²) < 4.78 is 12.8. The topological polar surface area (TPSA) is 62.1 Å². The molecule has 0 aromatic carbocycles. The predicted octanol–water partition coefficient (Wildman–Crippen LogP) is 1.95. The van der Waals surface area contributed by atoms with E-state index in [2.05, 4.69) is 15.1 Å². The molecule has 0 radical (unpaired) electrons. The van der Waals surface area contributed by atoms with E-state index in [-0.39, 0.29) is 6.29 Å². The maximum atomic E-state index is 5.51. The lowest BCUT2D eigenvalue weighted by Crippen LogP contribution is -2.23. The summed E-state index contributed by atoms with van der Waals surface area (Å²) in [6.07, 6.45) is 5.18. The second-order valence-electron chi connectivity index (χ2n) is 3.81. The van der Waals surface area contributed by atoms with Gasteiger partial charge < -0.3 is 9.47 Å². The van der Waals surface area contributed by atoms with Crippen LogP contribution in [-0.4, -0.2) is 45.5 Å². The predicted molar refractivity (Wildman–Crippen MR) is 74.1 cm³/mol. The maximum Gasteiger partial charge on any atom is 0.185 e. The van der Waals surface area contributed by atoms with E-state index in [0.29, 0.717) is 25.4 Å². The molecule has 0 atom stereocenters. The van der Waals surface area contributed by atoms with E-state index in [4.69, 9.17) is 9.47 Å². The van der Waals surface area contributed by atoms with E-state index in [9.17, 15) is 0 Å². The molecular weight excluding hydrogens is 264 g/mol. The van der Waals surface area contributed by atoms with Crippen LogP contribution in [0.4, 0.5) is 0 Å². The molecule has 2 aromatic heterocycles. The molecule has 0 bridgehead atoms. The Balaban J connectivity index is 2.20. The zero-order chi connectivity index (χ0) is 13.7. The zero-order valence-electron chi connectivity index (χ0n) is 11.4. The van der Waals surface area contributed by atoms with E-state index in [1.54, 1.807) is 16.4 Å². The first-order valence-electron chi connectivity index (χ1n) is 6.23. The number of hydrogen-bond acceptors (Lipinski definition) is 6. The summed E-state index contributed by atoms with van der Waals surface area (Å²) >= 11 is 1.58. The molecule has 0 unspecified atom stereocenters. The highest BCUT2D eigenvalue weighted by atomic mass is 32.2. The van der Waals surface area contributed by atoms with Gasteiger partial charge in [-0.05, 0) is 20.1 Å². The Hall–Kier alpha value is -1.18. The lowest BCUT2D eigenvalue weighted by Gasteiger charge is -2.16. The Morgan fingerprint density at radius 2 is 2.00 bits per heavy atom. The fourth-order valence-corrected chi connectivity index (χ4v) is 2.31. The molecule has 0 aliphatic rings. The van der Waals surface area contributed by atoms with Crippen molar-refractivity contribution in [2.75, 3.05) is 19.5 Å². The number of thioether (sulfide) groups is 1. The van der Waals surface area contributed by atoms with Crippen molar-refractivity contribution in [2.45, 2.75) is 31.7 Å². The summed E-state index contributed by atoms with van der Waals surface area (Å²) in [5, 5.41) is 6.31. The molecular formula is C12H18N4O2S. The van der Waals surface area contributed by atoms with Crippen LogP contribution in [0.25, 0.3) is 11.0 Å². The molecule has 0 fully saturated rings. The standard InChI is InChI=1S/C12H18N4O2S/c1-4-17-10(18-5-2)7-16-6-9-11(15-16)13-8-14-12(9)19-3/h6,8,10H,4-5,7H2,1-3H3. The highest BCUT2D eigenvalue weighted by Gasteiger charge is 2.12. The smallest absolute Gasteiger partial charge is 0.185 e. The minimum atomic E-state index is -0.282. The van der Waals surface area contributed by atoms with Crippen LogP contribution in [0, 0.1) is 0 Å². The summed E-state index contributed by atoms with van der Waals surface area (Å²) in [7, 11) is 0. The molecule has 7 heteroatoms. The van der Waals surface area contributed by atoms with Crippen LogP contribution >= 0.6 is 11.8 Å². The molecule has 0 saturated carbocycles. The molecule has 6 nitrogen and oxygen atoms in total. The summed E-state index contributed by atoms with van der Waals surface area (Å²) in [6.45, 7) is 5.67. The van der Waals surface area contributed by atoms with Gasteiger partial charge in [-0.15, -0.1) is 11.8 Å². The Morgan fingerprint density at radius 1 is 1.26 bits per heavy atom. The van der Waals surface area contributed by atoms with E-state index in [1.165, 1.54) is 6.33 Å². The fraction of sp³-hybridized carbons (Fsp3) is 0.583. The maximum absolute atomic E-state index is 5.51. The second kappa shape index (κ2) is 6.83. The van der Waals surface area contributed by atoms with Gasteiger partial charge in [0.05, 0.1) is 11.9 Å². The van der Waals surface area contributed by atoms with Crippen LogP contribution in [-0.2, 0) is 16.0 Å². The van der Waals surface area contributed by atoms with E-state index < -0.39 is 0 Å². The molecule has 0 saturated heterocycles. The van der Waals surface area contributed by atoms with Gasteiger partial charge in [-0.25, -0.2) is 9.97 Å². The summed E-state index contributed by atoms with van der Waals surface area (Å²) in [5.74, 6) is 0. The number of ether oxygens (including phenoxy) is 2. The molecule has 0 aliphatic carbocycles. The average Bonchev–Trinajstić information content (AvgIpc) is 2.81. The number of hydrogen-bond donors (Lipinski definition) is 0. The first-order chi connectivity index (χ1) is 9.28. The SMILES string of the molecule is CCOC(Cn1cc2c(SC)ncnc2n1)OCC. The number of fused-ring (bicyclic) bond motifs is 1.